The van der Waals surface area contributed by atoms with Crippen LogP contribution in [0.1, 0.15) is 24.6 Å². The van der Waals surface area contributed by atoms with Gasteiger partial charge in [0.25, 0.3) is 0 Å². The molecule has 2 aliphatic rings. The SMILES string of the molecule is O=C(N1CCCC1C(F)(F)F)N1OC1c1ccccc1. The minimum absolute atomic E-state index is 0.0426. The Morgan fingerprint density at radius 3 is 2.60 bits per heavy atom. The largest absolute Gasteiger partial charge is 0.408 e. The van der Waals surface area contributed by atoms with Gasteiger partial charge in [-0.25, -0.2) is 9.63 Å². The quantitative estimate of drug-likeness (QED) is 0.744. The van der Waals surface area contributed by atoms with E-state index in [0.29, 0.717) is 6.42 Å². The Hall–Kier alpha value is -1.76. The van der Waals surface area contributed by atoms with Crippen molar-refractivity contribution in [1.29, 1.82) is 0 Å². The van der Waals surface area contributed by atoms with Crippen LogP contribution in [0.25, 0.3) is 0 Å². The van der Waals surface area contributed by atoms with Crippen LogP contribution in [-0.2, 0) is 4.84 Å². The highest BCUT2D eigenvalue weighted by Gasteiger charge is 2.53. The average molecular weight is 286 g/mol. The molecule has 2 fully saturated rings. The van der Waals surface area contributed by atoms with Gasteiger partial charge in [-0.05, 0) is 12.8 Å². The van der Waals surface area contributed by atoms with Gasteiger partial charge in [0.2, 0.25) is 6.23 Å². The van der Waals surface area contributed by atoms with Crippen LogP contribution in [0.3, 0.4) is 0 Å². The van der Waals surface area contributed by atoms with E-state index in [4.69, 9.17) is 4.84 Å². The number of alkyl halides is 3. The van der Waals surface area contributed by atoms with Crippen molar-refractivity contribution in [2.75, 3.05) is 6.54 Å². The number of likely N-dealkylation sites (tertiary alicyclic amines) is 1. The van der Waals surface area contributed by atoms with Gasteiger partial charge in [0.1, 0.15) is 6.04 Å². The van der Waals surface area contributed by atoms with E-state index in [9.17, 15) is 18.0 Å². The van der Waals surface area contributed by atoms with E-state index in [1.165, 1.54) is 0 Å². The number of hydroxylamine groups is 2. The second kappa shape index (κ2) is 4.66. The number of amides is 2. The minimum Gasteiger partial charge on any atom is -0.311 e. The van der Waals surface area contributed by atoms with Crippen molar-refractivity contribution in [3.05, 3.63) is 35.9 Å². The Balaban J connectivity index is 1.69. The fraction of sp³-hybridized carbons (Fsp3) is 0.462. The zero-order valence-corrected chi connectivity index (χ0v) is 10.5. The van der Waals surface area contributed by atoms with Crippen molar-refractivity contribution >= 4 is 6.03 Å². The lowest BCUT2D eigenvalue weighted by Crippen LogP contribution is -2.46. The van der Waals surface area contributed by atoms with E-state index in [0.717, 1.165) is 15.5 Å². The maximum atomic E-state index is 12.8. The van der Waals surface area contributed by atoms with Crippen LogP contribution in [0, 0.1) is 0 Å². The number of rotatable bonds is 1. The summed E-state index contributed by atoms with van der Waals surface area (Å²) < 4.78 is 38.5. The monoisotopic (exact) mass is 286 g/mol. The third-order valence-corrected chi connectivity index (χ3v) is 3.53. The molecular formula is C13H13F3N2O2. The van der Waals surface area contributed by atoms with Crippen molar-refractivity contribution in [3.8, 4) is 0 Å². The third-order valence-electron chi connectivity index (χ3n) is 3.53. The molecule has 0 aliphatic carbocycles. The standard InChI is InChI=1S/C13H13F3N2O2/c14-13(15,16)10-7-4-8-17(10)12(19)18-11(20-18)9-5-2-1-3-6-9/h1-3,5-6,10-11H,4,7-8H2. The molecule has 7 heteroatoms. The molecule has 4 nitrogen and oxygen atoms in total. The number of nitrogens with zero attached hydrogens (tertiary/aromatic N) is 2. The van der Waals surface area contributed by atoms with Crippen LogP contribution in [-0.4, -0.2) is 34.8 Å². The smallest absolute Gasteiger partial charge is 0.311 e. The average Bonchev–Trinajstić information content (AvgIpc) is 3.05. The highest BCUT2D eigenvalue weighted by Crippen LogP contribution is 2.41. The highest BCUT2D eigenvalue weighted by molar-refractivity contribution is 5.76. The highest BCUT2D eigenvalue weighted by atomic mass is 19.4. The Morgan fingerprint density at radius 2 is 1.95 bits per heavy atom. The summed E-state index contributed by atoms with van der Waals surface area (Å²) >= 11 is 0. The number of benzene rings is 1. The molecule has 108 valence electrons. The molecule has 2 aliphatic heterocycles. The van der Waals surface area contributed by atoms with Crippen LogP contribution in [0.5, 0.6) is 0 Å². The summed E-state index contributed by atoms with van der Waals surface area (Å²) in [4.78, 5) is 18.0. The molecule has 1 aromatic carbocycles. The molecule has 3 rings (SSSR count). The Labute approximate surface area is 113 Å². The number of hydrogen-bond donors (Lipinski definition) is 0. The van der Waals surface area contributed by atoms with E-state index >= 15 is 0 Å². The van der Waals surface area contributed by atoms with Gasteiger partial charge in [0.05, 0.1) is 0 Å². The van der Waals surface area contributed by atoms with Crippen LogP contribution >= 0.6 is 0 Å². The first-order chi connectivity index (χ1) is 9.48. The number of halogens is 3. The summed E-state index contributed by atoms with van der Waals surface area (Å²) in [5, 5.41) is 0.999. The third kappa shape index (κ3) is 2.33. The summed E-state index contributed by atoms with van der Waals surface area (Å²) in [5.74, 6) is 0. The van der Waals surface area contributed by atoms with E-state index < -0.39 is 24.5 Å². The van der Waals surface area contributed by atoms with Crippen LogP contribution in [0.15, 0.2) is 30.3 Å². The van der Waals surface area contributed by atoms with Crippen molar-refractivity contribution in [2.24, 2.45) is 0 Å². The minimum atomic E-state index is -4.38. The predicted molar refractivity (Wildman–Crippen MR) is 63.3 cm³/mol. The molecule has 0 saturated carbocycles. The fourth-order valence-electron chi connectivity index (χ4n) is 2.50. The Kier molecular flexibility index (Phi) is 3.08. The molecule has 1 aromatic rings. The molecule has 0 spiro atoms. The van der Waals surface area contributed by atoms with E-state index in [1.54, 1.807) is 24.3 Å². The molecule has 2 saturated heterocycles. The lowest BCUT2D eigenvalue weighted by atomic mass is 10.2. The van der Waals surface area contributed by atoms with Crippen LogP contribution in [0.2, 0.25) is 0 Å². The molecular weight excluding hydrogens is 273 g/mol. The summed E-state index contributed by atoms with van der Waals surface area (Å²) in [6.07, 6.45) is -4.64. The second-order valence-corrected chi connectivity index (χ2v) is 4.87. The number of urea groups is 1. The van der Waals surface area contributed by atoms with Gasteiger partial charge >= 0.3 is 12.2 Å². The zero-order valence-electron chi connectivity index (χ0n) is 10.5. The second-order valence-electron chi connectivity index (χ2n) is 4.87. The van der Waals surface area contributed by atoms with Crippen LogP contribution < -0.4 is 0 Å². The van der Waals surface area contributed by atoms with Gasteiger partial charge in [-0.3, -0.25) is 0 Å². The molecule has 0 aromatic heterocycles. The van der Waals surface area contributed by atoms with Gasteiger partial charge in [0, 0.05) is 12.1 Å². The van der Waals surface area contributed by atoms with E-state index in [1.807, 2.05) is 6.07 Å². The topological polar surface area (TPSA) is 35.9 Å². The van der Waals surface area contributed by atoms with E-state index in [-0.39, 0.29) is 13.0 Å². The molecule has 2 atom stereocenters. The lowest BCUT2D eigenvalue weighted by Gasteiger charge is -2.25. The first-order valence-electron chi connectivity index (χ1n) is 6.37. The molecule has 0 N–H and O–H groups in total. The lowest BCUT2D eigenvalue weighted by molar-refractivity contribution is -0.170. The molecule has 2 heterocycles. The van der Waals surface area contributed by atoms with Crippen molar-refractivity contribution in [2.45, 2.75) is 31.3 Å². The Morgan fingerprint density at radius 1 is 1.25 bits per heavy atom. The first kappa shape index (κ1) is 13.2. The predicted octanol–water partition coefficient (Wildman–Crippen LogP) is 3.08. The maximum Gasteiger partial charge on any atom is 0.408 e. The van der Waals surface area contributed by atoms with Crippen LogP contribution in [0.4, 0.5) is 18.0 Å². The summed E-state index contributed by atoms with van der Waals surface area (Å²) in [6.45, 7) is 0.115. The summed E-state index contributed by atoms with van der Waals surface area (Å²) in [7, 11) is 0. The van der Waals surface area contributed by atoms with Gasteiger partial charge in [-0.2, -0.15) is 18.2 Å². The number of carbonyl (C=O) groups excluding carboxylic acids is 1. The number of carbonyl (C=O) groups is 1. The molecule has 0 bridgehead atoms. The van der Waals surface area contributed by atoms with Crippen molar-refractivity contribution < 1.29 is 22.8 Å². The van der Waals surface area contributed by atoms with E-state index in [2.05, 4.69) is 0 Å². The van der Waals surface area contributed by atoms with Gasteiger partial charge < -0.3 is 4.90 Å². The Bertz CT molecular complexity index is 506. The summed E-state index contributed by atoms with van der Waals surface area (Å²) in [5.41, 5.74) is 0.753. The molecule has 20 heavy (non-hydrogen) atoms. The first-order valence-corrected chi connectivity index (χ1v) is 6.37. The molecule has 2 unspecified atom stereocenters. The zero-order chi connectivity index (χ0) is 14.3. The molecule has 0 radical (unpaired) electrons. The normalized spacial score (nSPS) is 25.9. The maximum absolute atomic E-state index is 12.8. The number of hydrogen-bond acceptors (Lipinski definition) is 2. The van der Waals surface area contributed by atoms with Crippen molar-refractivity contribution in [3.63, 3.8) is 0 Å². The van der Waals surface area contributed by atoms with Gasteiger partial charge in [-0.15, -0.1) is 0 Å². The fourth-order valence-corrected chi connectivity index (χ4v) is 2.50. The van der Waals surface area contributed by atoms with Gasteiger partial charge in [0.15, 0.2) is 0 Å². The van der Waals surface area contributed by atoms with Gasteiger partial charge in [-0.1, -0.05) is 30.3 Å². The summed E-state index contributed by atoms with van der Waals surface area (Å²) in [6, 6.07) is 6.52. The van der Waals surface area contributed by atoms with Crippen molar-refractivity contribution in [1.82, 2.24) is 9.96 Å². The molecule has 2 amide bonds.